The maximum absolute atomic E-state index is 12.8. The zero-order chi connectivity index (χ0) is 20.1. The number of rotatable bonds is 6. The van der Waals surface area contributed by atoms with E-state index in [1.54, 1.807) is 16.4 Å². The van der Waals surface area contributed by atoms with Crippen molar-refractivity contribution in [2.75, 3.05) is 13.1 Å². The summed E-state index contributed by atoms with van der Waals surface area (Å²) >= 11 is 0. The third kappa shape index (κ3) is 5.20. The molecular weight excluding hydrogens is 372 g/mol. The molecule has 2 aromatic carbocycles. The molecule has 0 saturated carbocycles. The smallest absolute Gasteiger partial charge is 0.243 e. The summed E-state index contributed by atoms with van der Waals surface area (Å²) in [5, 5.41) is 2.98. The fourth-order valence-corrected chi connectivity index (χ4v) is 5.04. The van der Waals surface area contributed by atoms with E-state index in [0.717, 1.165) is 11.1 Å². The van der Waals surface area contributed by atoms with E-state index in [1.165, 1.54) is 5.56 Å². The first-order chi connectivity index (χ1) is 13.3. The summed E-state index contributed by atoms with van der Waals surface area (Å²) in [6, 6.07) is 15.0. The van der Waals surface area contributed by atoms with Gasteiger partial charge in [0.1, 0.15) is 0 Å². The Balaban J connectivity index is 1.48. The molecule has 28 heavy (non-hydrogen) atoms. The fourth-order valence-electron chi connectivity index (χ4n) is 3.57. The van der Waals surface area contributed by atoms with E-state index in [9.17, 15) is 13.2 Å². The van der Waals surface area contributed by atoms with E-state index >= 15 is 0 Å². The Kier molecular flexibility index (Phi) is 6.52. The molecular formula is C22H28N2O3S. The van der Waals surface area contributed by atoms with Crippen LogP contribution in [0.3, 0.4) is 0 Å². The lowest BCUT2D eigenvalue weighted by Crippen LogP contribution is -2.39. The van der Waals surface area contributed by atoms with Gasteiger partial charge in [0, 0.05) is 26.1 Å². The number of carbonyl (C=O) groups excluding carboxylic acids is 1. The van der Waals surface area contributed by atoms with Gasteiger partial charge in [-0.1, -0.05) is 47.5 Å². The minimum Gasteiger partial charge on any atom is -0.352 e. The van der Waals surface area contributed by atoms with Gasteiger partial charge in [0.2, 0.25) is 15.9 Å². The lowest BCUT2D eigenvalue weighted by atomic mass is 9.94. The van der Waals surface area contributed by atoms with Crippen LogP contribution in [0.25, 0.3) is 0 Å². The van der Waals surface area contributed by atoms with Gasteiger partial charge in [0.25, 0.3) is 0 Å². The summed E-state index contributed by atoms with van der Waals surface area (Å²) in [6.07, 6.45) is 1.87. The van der Waals surface area contributed by atoms with Gasteiger partial charge in [-0.05, 0) is 50.3 Å². The number of hydrogen-bond acceptors (Lipinski definition) is 3. The van der Waals surface area contributed by atoms with E-state index in [0.29, 0.717) is 43.8 Å². The van der Waals surface area contributed by atoms with Crippen LogP contribution in [0.5, 0.6) is 0 Å². The highest BCUT2D eigenvalue weighted by Crippen LogP contribution is 2.25. The van der Waals surface area contributed by atoms with Crippen LogP contribution in [0.1, 0.15) is 36.0 Å². The van der Waals surface area contributed by atoms with Gasteiger partial charge in [-0.2, -0.15) is 4.31 Å². The molecule has 1 saturated heterocycles. The molecule has 3 rings (SSSR count). The number of carbonyl (C=O) groups is 1. The molecule has 0 atom stereocenters. The number of amides is 1. The molecule has 0 radical (unpaired) electrons. The monoisotopic (exact) mass is 400 g/mol. The Bertz CT molecular complexity index is 915. The van der Waals surface area contributed by atoms with Gasteiger partial charge in [-0.15, -0.1) is 0 Å². The number of nitrogens with one attached hydrogen (secondary N) is 1. The second kappa shape index (κ2) is 8.88. The third-order valence-corrected chi connectivity index (χ3v) is 7.19. The summed E-state index contributed by atoms with van der Waals surface area (Å²) in [5.41, 5.74) is 3.30. The maximum Gasteiger partial charge on any atom is 0.243 e. The summed E-state index contributed by atoms with van der Waals surface area (Å²) in [4.78, 5) is 12.6. The first-order valence-corrected chi connectivity index (χ1v) is 11.2. The second-order valence-corrected chi connectivity index (χ2v) is 9.57. The number of sulfonamides is 1. The molecule has 1 fully saturated rings. The van der Waals surface area contributed by atoms with E-state index in [1.807, 2.05) is 44.2 Å². The highest BCUT2D eigenvalue weighted by atomic mass is 32.2. The summed E-state index contributed by atoms with van der Waals surface area (Å²) in [5.74, 6) is 0.253. The summed E-state index contributed by atoms with van der Waals surface area (Å²) < 4.78 is 27.1. The number of hydrogen-bond donors (Lipinski definition) is 1. The summed E-state index contributed by atoms with van der Waals surface area (Å²) in [6.45, 7) is 5.43. The summed E-state index contributed by atoms with van der Waals surface area (Å²) in [7, 11) is -3.45. The lowest BCUT2D eigenvalue weighted by molar-refractivity contribution is -0.122. The van der Waals surface area contributed by atoms with Crippen LogP contribution in [0.15, 0.2) is 53.4 Å². The lowest BCUT2D eigenvalue weighted by Gasteiger charge is -2.31. The van der Waals surface area contributed by atoms with Gasteiger partial charge >= 0.3 is 0 Å². The van der Waals surface area contributed by atoms with Crippen molar-refractivity contribution in [2.45, 2.75) is 44.6 Å². The molecule has 1 amide bonds. The topological polar surface area (TPSA) is 66.5 Å². The van der Waals surface area contributed by atoms with Gasteiger partial charge in [-0.25, -0.2) is 8.42 Å². The quantitative estimate of drug-likeness (QED) is 0.808. The van der Waals surface area contributed by atoms with Crippen molar-refractivity contribution in [2.24, 2.45) is 5.92 Å². The van der Waals surface area contributed by atoms with Gasteiger partial charge in [0.15, 0.2) is 0 Å². The number of aryl methyl sites for hydroxylation is 2. The van der Waals surface area contributed by atoms with E-state index in [2.05, 4.69) is 11.4 Å². The van der Waals surface area contributed by atoms with Crippen LogP contribution in [-0.2, 0) is 21.4 Å². The molecule has 0 aromatic heterocycles. The minimum absolute atomic E-state index is 0.0290. The fraction of sp³-hybridized carbons (Fsp3) is 0.409. The molecule has 150 valence electrons. The zero-order valence-corrected chi connectivity index (χ0v) is 17.3. The van der Waals surface area contributed by atoms with Crippen molar-refractivity contribution in [1.29, 1.82) is 0 Å². The Morgan fingerprint density at radius 1 is 1.04 bits per heavy atom. The van der Waals surface area contributed by atoms with Crippen molar-refractivity contribution < 1.29 is 13.2 Å². The normalized spacial score (nSPS) is 16.1. The average Bonchev–Trinajstić information content (AvgIpc) is 2.67. The van der Waals surface area contributed by atoms with Crippen LogP contribution >= 0.6 is 0 Å². The van der Waals surface area contributed by atoms with E-state index in [4.69, 9.17) is 0 Å². The first-order valence-electron chi connectivity index (χ1n) is 9.73. The highest BCUT2D eigenvalue weighted by molar-refractivity contribution is 7.89. The van der Waals surface area contributed by atoms with Crippen molar-refractivity contribution in [3.05, 3.63) is 65.2 Å². The van der Waals surface area contributed by atoms with Crippen LogP contribution in [0.4, 0.5) is 0 Å². The first kappa shape index (κ1) is 20.6. The molecule has 1 aliphatic rings. The highest BCUT2D eigenvalue weighted by Gasteiger charge is 2.30. The molecule has 5 nitrogen and oxygen atoms in total. The number of piperidine rings is 1. The Hall–Kier alpha value is -2.18. The molecule has 6 heteroatoms. The minimum atomic E-state index is -3.45. The molecule has 2 aromatic rings. The Morgan fingerprint density at radius 3 is 2.36 bits per heavy atom. The van der Waals surface area contributed by atoms with E-state index in [-0.39, 0.29) is 11.8 Å². The third-order valence-electron chi connectivity index (χ3n) is 5.28. The average molecular weight is 401 g/mol. The van der Waals surface area contributed by atoms with Crippen LogP contribution in [0.2, 0.25) is 0 Å². The molecule has 0 spiro atoms. The molecule has 1 heterocycles. The van der Waals surface area contributed by atoms with Crippen molar-refractivity contribution in [3.8, 4) is 0 Å². The zero-order valence-electron chi connectivity index (χ0n) is 16.5. The molecule has 0 bridgehead atoms. The van der Waals surface area contributed by atoms with Gasteiger partial charge < -0.3 is 5.32 Å². The van der Waals surface area contributed by atoms with Crippen molar-refractivity contribution in [1.82, 2.24) is 9.62 Å². The molecule has 0 unspecified atom stereocenters. The Labute approximate surface area is 167 Å². The standard InChI is InChI=1S/C22H28N2O3S/c1-17-6-8-21(9-7-17)28(26,27)24-12-10-19(11-13-24)15-22(25)23-16-20-5-3-4-18(2)14-20/h3-9,14,19H,10-13,15-16H2,1-2H3,(H,23,25). The largest absolute Gasteiger partial charge is 0.352 e. The SMILES string of the molecule is Cc1ccc(S(=O)(=O)N2CCC(CC(=O)NCc3cccc(C)c3)CC2)cc1. The van der Waals surface area contributed by atoms with Crippen LogP contribution in [-0.4, -0.2) is 31.7 Å². The van der Waals surface area contributed by atoms with Crippen LogP contribution in [0, 0.1) is 19.8 Å². The van der Waals surface area contributed by atoms with Crippen molar-refractivity contribution >= 4 is 15.9 Å². The van der Waals surface area contributed by atoms with Gasteiger partial charge in [0.05, 0.1) is 4.90 Å². The number of nitrogens with zero attached hydrogens (tertiary/aromatic N) is 1. The molecule has 1 N–H and O–H groups in total. The second-order valence-electron chi connectivity index (χ2n) is 7.63. The molecule has 1 aliphatic heterocycles. The molecule has 0 aliphatic carbocycles. The van der Waals surface area contributed by atoms with E-state index < -0.39 is 10.0 Å². The Morgan fingerprint density at radius 2 is 1.71 bits per heavy atom. The van der Waals surface area contributed by atoms with Gasteiger partial charge in [-0.3, -0.25) is 4.79 Å². The van der Waals surface area contributed by atoms with Crippen molar-refractivity contribution in [3.63, 3.8) is 0 Å². The maximum atomic E-state index is 12.8. The predicted molar refractivity (Wildman–Crippen MR) is 110 cm³/mol. The van der Waals surface area contributed by atoms with Crippen LogP contribution < -0.4 is 5.32 Å². The number of benzene rings is 2. The predicted octanol–water partition coefficient (Wildman–Crippen LogP) is 3.41.